The lowest BCUT2D eigenvalue weighted by Gasteiger charge is -2.12. The zero-order valence-corrected chi connectivity index (χ0v) is 11.9. The molecule has 0 radical (unpaired) electrons. The number of hydrogen-bond donors (Lipinski definition) is 1. The summed E-state index contributed by atoms with van der Waals surface area (Å²) in [6, 6.07) is 16.1. The van der Waals surface area contributed by atoms with Gasteiger partial charge in [0, 0.05) is 0 Å². The molecule has 1 heterocycles. The second kappa shape index (κ2) is 4.84. The molecule has 1 atom stereocenters. The van der Waals surface area contributed by atoms with Crippen LogP contribution in [-0.4, -0.2) is 5.11 Å². The van der Waals surface area contributed by atoms with Crippen molar-refractivity contribution < 1.29 is 5.11 Å². The van der Waals surface area contributed by atoms with E-state index in [1.807, 2.05) is 35.7 Å². The maximum absolute atomic E-state index is 10.5. The van der Waals surface area contributed by atoms with Gasteiger partial charge in [-0.05, 0) is 49.3 Å². The Morgan fingerprint density at radius 3 is 2.61 bits per heavy atom. The highest BCUT2D eigenvalue weighted by molar-refractivity contribution is 9.11. The molecule has 0 saturated carbocycles. The van der Waals surface area contributed by atoms with Crippen molar-refractivity contribution in [2.75, 3.05) is 0 Å². The fourth-order valence-electron chi connectivity index (χ4n) is 2.14. The third-order valence-corrected chi connectivity index (χ3v) is 4.54. The Morgan fingerprint density at radius 1 is 1.06 bits per heavy atom. The van der Waals surface area contributed by atoms with Crippen molar-refractivity contribution in [3.8, 4) is 0 Å². The lowest BCUT2D eigenvalue weighted by Crippen LogP contribution is -1.98. The summed E-state index contributed by atoms with van der Waals surface area (Å²) in [6.07, 6.45) is -0.571. The van der Waals surface area contributed by atoms with Crippen LogP contribution in [0.5, 0.6) is 0 Å². The number of hydrogen-bond acceptors (Lipinski definition) is 2. The van der Waals surface area contributed by atoms with E-state index in [1.54, 1.807) is 11.3 Å². The highest BCUT2D eigenvalue weighted by Gasteiger charge is 2.14. The average molecular weight is 319 g/mol. The third-order valence-electron chi connectivity index (χ3n) is 3.02. The van der Waals surface area contributed by atoms with E-state index in [4.69, 9.17) is 0 Å². The number of fused-ring (bicyclic) bond motifs is 1. The molecule has 0 amide bonds. The zero-order valence-electron chi connectivity index (χ0n) is 9.51. The van der Waals surface area contributed by atoms with Crippen LogP contribution in [0.25, 0.3) is 10.8 Å². The summed E-state index contributed by atoms with van der Waals surface area (Å²) in [5, 5.41) is 14.7. The molecular weight excluding hydrogens is 308 g/mol. The molecule has 0 aliphatic heterocycles. The number of rotatable bonds is 2. The van der Waals surface area contributed by atoms with Crippen molar-refractivity contribution in [2.45, 2.75) is 6.10 Å². The first-order valence-electron chi connectivity index (χ1n) is 5.65. The van der Waals surface area contributed by atoms with Crippen LogP contribution in [0, 0.1) is 0 Å². The average Bonchev–Trinajstić information content (AvgIpc) is 2.84. The molecule has 1 unspecified atom stereocenters. The van der Waals surface area contributed by atoms with Crippen LogP contribution >= 0.6 is 27.3 Å². The van der Waals surface area contributed by atoms with E-state index in [9.17, 15) is 5.11 Å². The first kappa shape index (κ1) is 11.9. The van der Waals surface area contributed by atoms with Gasteiger partial charge in [0.25, 0.3) is 0 Å². The van der Waals surface area contributed by atoms with Gasteiger partial charge in [0.05, 0.1) is 3.79 Å². The van der Waals surface area contributed by atoms with Gasteiger partial charge in [0.2, 0.25) is 0 Å². The minimum absolute atomic E-state index is 0.571. The number of benzene rings is 2. The van der Waals surface area contributed by atoms with Gasteiger partial charge in [0.15, 0.2) is 0 Å². The summed E-state index contributed by atoms with van der Waals surface area (Å²) in [5.41, 5.74) is 1.89. The Balaban J connectivity index is 2.14. The van der Waals surface area contributed by atoms with Gasteiger partial charge in [-0.1, -0.05) is 42.5 Å². The summed E-state index contributed by atoms with van der Waals surface area (Å²) < 4.78 is 1.04. The Morgan fingerprint density at radius 2 is 1.83 bits per heavy atom. The highest BCUT2D eigenvalue weighted by Crippen LogP contribution is 2.32. The second-order valence-corrected chi connectivity index (χ2v) is 6.45. The van der Waals surface area contributed by atoms with Crippen molar-refractivity contribution in [1.82, 2.24) is 0 Å². The Labute approximate surface area is 118 Å². The quantitative estimate of drug-likeness (QED) is 0.723. The molecule has 3 aromatic rings. The van der Waals surface area contributed by atoms with E-state index >= 15 is 0 Å². The fourth-order valence-corrected chi connectivity index (χ4v) is 3.33. The number of halogens is 1. The standard InChI is InChI=1S/C15H11BrOS/c16-14-8-11(9-18-14)15(17)13-7-3-5-10-4-1-2-6-12(10)13/h1-9,15,17H. The Bertz CT molecular complexity index is 684. The van der Waals surface area contributed by atoms with Crippen LogP contribution in [0.2, 0.25) is 0 Å². The normalized spacial score (nSPS) is 12.8. The Kier molecular flexibility index (Phi) is 3.20. The zero-order chi connectivity index (χ0) is 12.5. The van der Waals surface area contributed by atoms with Gasteiger partial charge in [-0.15, -0.1) is 11.3 Å². The number of thiophene rings is 1. The molecule has 18 heavy (non-hydrogen) atoms. The largest absolute Gasteiger partial charge is 0.384 e. The molecule has 0 aliphatic rings. The first-order valence-corrected chi connectivity index (χ1v) is 7.32. The number of aliphatic hydroxyl groups excluding tert-OH is 1. The second-order valence-electron chi connectivity index (χ2n) is 4.16. The summed E-state index contributed by atoms with van der Waals surface area (Å²) >= 11 is 5.02. The van der Waals surface area contributed by atoms with Crippen LogP contribution < -0.4 is 0 Å². The van der Waals surface area contributed by atoms with Crippen LogP contribution in [0.4, 0.5) is 0 Å². The van der Waals surface area contributed by atoms with E-state index < -0.39 is 6.10 Å². The van der Waals surface area contributed by atoms with Crippen molar-refractivity contribution in [3.05, 3.63) is 68.8 Å². The maximum Gasteiger partial charge on any atom is 0.105 e. The van der Waals surface area contributed by atoms with Crippen LogP contribution in [-0.2, 0) is 0 Å². The molecule has 90 valence electrons. The molecular formula is C15H11BrOS. The number of aliphatic hydroxyl groups is 1. The van der Waals surface area contributed by atoms with E-state index in [2.05, 4.69) is 34.1 Å². The Hall–Kier alpha value is -1.16. The molecule has 1 N–H and O–H groups in total. The van der Waals surface area contributed by atoms with Crippen LogP contribution in [0.3, 0.4) is 0 Å². The monoisotopic (exact) mass is 318 g/mol. The minimum Gasteiger partial charge on any atom is -0.384 e. The summed E-state index contributed by atoms with van der Waals surface area (Å²) in [7, 11) is 0. The van der Waals surface area contributed by atoms with Crippen molar-refractivity contribution in [3.63, 3.8) is 0 Å². The van der Waals surface area contributed by atoms with Crippen molar-refractivity contribution in [2.24, 2.45) is 0 Å². The topological polar surface area (TPSA) is 20.2 Å². The minimum atomic E-state index is -0.571. The molecule has 0 saturated heterocycles. The predicted octanol–water partition coefficient (Wildman–Crippen LogP) is 4.75. The van der Waals surface area contributed by atoms with Gasteiger partial charge >= 0.3 is 0 Å². The molecule has 1 nitrogen and oxygen atoms in total. The first-order chi connectivity index (χ1) is 8.75. The van der Waals surface area contributed by atoms with Gasteiger partial charge in [-0.2, -0.15) is 0 Å². The SMILES string of the molecule is OC(c1csc(Br)c1)c1cccc2ccccc12. The lowest BCUT2D eigenvalue weighted by atomic mass is 9.97. The fraction of sp³-hybridized carbons (Fsp3) is 0.0667. The molecule has 0 spiro atoms. The molecule has 3 rings (SSSR count). The van der Waals surface area contributed by atoms with E-state index in [0.29, 0.717) is 0 Å². The van der Waals surface area contributed by atoms with E-state index in [-0.39, 0.29) is 0 Å². The maximum atomic E-state index is 10.5. The molecule has 2 aromatic carbocycles. The summed E-state index contributed by atoms with van der Waals surface area (Å²) in [4.78, 5) is 0. The lowest BCUT2D eigenvalue weighted by molar-refractivity contribution is 0.222. The van der Waals surface area contributed by atoms with E-state index in [0.717, 1.165) is 25.7 Å². The molecule has 3 heteroatoms. The molecule has 0 aliphatic carbocycles. The smallest absolute Gasteiger partial charge is 0.105 e. The van der Waals surface area contributed by atoms with Crippen molar-refractivity contribution in [1.29, 1.82) is 0 Å². The van der Waals surface area contributed by atoms with Crippen LogP contribution in [0.15, 0.2) is 57.7 Å². The van der Waals surface area contributed by atoms with Gasteiger partial charge in [0.1, 0.15) is 6.10 Å². The van der Waals surface area contributed by atoms with Gasteiger partial charge in [-0.25, -0.2) is 0 Å². The van der Waals surface area contributed by atoms with E-state index in [1.165, 1.54) is 0 Å². The molecule has 0 bridgehead atoms. The summed E-state index contributed by atoms with van der Waals surface area (Å²) in [6.45, 7) is 0. The van der Waals surface area contributed by atoms with Gasteiger partial charge < -0.3 is 5.11 Å². The summed E-state index contributed by atoms with van der Waals surface area (Å²) in [5.74, 6) is 0. The third kappa shape index (κ3) is 2.09. The molecule has 0 fully saturated rings. The molecule has 1 aromatic heterocycles. The predicted molar refractivity (Wildman–Crippen MR) is 80.0 cm³/mol. The van der Waals surface area contributed by atoms with Crippen molar-refractivity contribution >= 4 is 38.0 Å². The van der Waals surface area contributed by atoms with Crippen LogP contribution in [0.1, 0.15) is 17.2 Å². The van der Waals surface area contributed by atoms with Gasteiger partial charge in [-0.3, -0.25) is 0 Å². The highest BCUT2D eigenvalue weighted by atomic mass is 79.9.